The molecule has 1 aromatic rings. The molecule has 3 nitrogen and oxygen atoms in total. The Morgan fingerprint density at radius 2 is 1.89 bits per heavy atom. The van der Waals surface area contributed by atoms with Crippen molar-refractivity contribution < 1.29 is 9.47 Å². The van der Waals surface area contributed by atoms with Gasteiger partial charge in [-0.3, -0.25) is 0 Å². The van der Waals surface area contributed by atoms with Crippen molar-refractivity contribution in [3.05, 3.63) is 29.8 Å². The Labute approximate surface area is 110 Å². The van der Waals surface area contributed by atoms with Crippen LogP contribution in [0.1, 0.15) is 25.8 Å². The molecule has 0 aromatic heterocycles. The quantitative estimate of drug-likeness (QED) is 0.685. The molecule has 0 fully saturated rings. The molecular formula is C15H25NO2. The summed E-state index contributed by atoms with van der Waals surface area (Å²) in [7, 11) is 0. The van der Waals surface area contributed by atoms with E-state index in [1.807, 2.05) is 12.1 Å². The molecule has 0 spiro atoms. The number of ether oxygens (including phenoxy) is 2. The fourth-order valence-corrected chi connectivity index (χ4v) is 1.54. The maximum absolute atomic E-state index is 5.70. The van der Waals surface area contributed by atoms with E-state index in [9.17, 15) is 0 Å². The van der Waals surface area contributed by atoms with Crippen LogP contribution in [0.2, 0.25) is 0 Å². The van der Waals surface area contributed by atoms with E-state index in [2.05, 4.69) is 38.2 Å². The Bertz CT molecular complexity index is 311. The highest BCUT2D eigenvalue weighted by Gasteiger charge is 2.02. The first kappa shape index (κ1) is 15.0. The lowest BCUT2D eigenvalue weighted by Crippen LogP contribution is -2.34. The predicted octanol–water partition coefficient (Wildman–Crippen LogP) is 2.78. The van der Waals surface area contributed by atoms with Crippen molar-refractivity contribution in [2.24, 2.45) is 0 Å². The van der Waals surface area contributed by atoms with Gasteiger partial charge in [0.1, 0.15) is 12.4 Å². The van der Waals surface area contributed by atoms with Crippen molar-refractivity contribution in [2.45, 2.75) is 33.2 Å². The summed E-state index contributed by atoms with van der Waals surface area (Å²) in [5.41, 5.74) is 1.25. The van der Waals surface area contributed by atoms with Crippen LogP contribution < -0.4 is 10.1 Å². The molecule has 1 atom stereocenters. The highest BCUT2D eigenvalue weighted by molar-refractivity contribution is 5.26. The summed E-state index contributed by atoms with van der Waals surface area (Å²) in [5.74, 6) is 0.927. The number of nitrogens with one attached hydrogen (secondary N) is 1. The van der Waals surface area contributed by atoms with Crippen LogP contribution in [-0.2, 0) is 4.74 Å². The van der Waals surface area contributed by atoms with Gasteiger partial charge in [0, 0.05) is 19.2 Å². The largest absolute Gasteiger partial charge is 0.492 e. The highest BCUT2D eigenvalue weighted by Crippen LogP contribution is 2.11. The third-order valence-corrected chi connectivity index (χ3v) is 2.61. The standard InChI is InChI=1S/C15H25NO2/c1-4-10-17-11-9-16-14(3)12-18-15-7-5-13(2)6-8-15/h5-8,14,16H,4,9-12H2,1-3H3. The molecule has 0 aliphatic heterocycles. The van der Waals surface area contributed by atoms with Gasteiger partial charge in [-0.2, -0.15) is 0 Å². The van der Waals surface area contributed by atoms with Crippen molar-refractivity contribution in [2.75, 3.05) is 26.4 Å². The number of aryl methyl sites for hydroxylation is 1. The molecule has 102 valence electrons. The third-order valence-electron chi connectivity index (χ3n) is 2.61. The summed E-state index contributed by atoms with van der Waals surface area (Å²) in [4.78, 5) is 0. The van der Waals surface area contributed by atoms with E-state index in [0.29, 0.717) is 12.6 Å². The monoisotopic (exact) mass is 251 g/mol. The fraction of sp³-hybridized carbons (Fsp3) is 0.600. The first-order valence-electron chi connectivity index (χ1n) is 6.73. The molecule has 0 saturated carbocycles. The van der Waals surface area contributed by atoms with E-state index in [1.165, 1.54) is 5.56 Å². The van der Waals surface area contributed by atoms with Gasteiger partial charge in [0.15, 0.2) is 0 Å². The van der Waals surface area contributed by atoms with Gasteiger partial charge >= 0.3 is 0 Å². The first-order valence-corrected chi connectivity index (χ1v) is 6.73. The van der Waals surface area contributed by atoms with Crippen molar-refractivity contribution in [1.82, 2.24) is 5.32 Å². The minimum Gasteiger partial charge on any atom is -0.492 e. The lowest BCUT2D eigenvalue weighted by Gasteiger charge is -2.15. The van der Waals surface area contributed by atoms with Gasteiger partial charge in [-0.25, -0.2) is 0 Å². The van der Waals surface area contributed by atoms with Crippen molar-refractivity contribution in [3.63, 3.8) is 0 Å². The predicted molar refractivity (Wildman–Crippen MR) is 75.2 cm³/mol. The van der Waals surface area contributed by atoms with Crippen LogP contribution in [0.25, 0.3) is 0 Å². The summed E-state index contributed by atoms with van der Waals surface area (Å²) in [6.45, 7) is 9.47. The summed E-state index contributed by atoms with van der Waals surface area (Å²) in [6, 6.07) is 8.47. The van der Waals surface area contributed by atoms with Gasteiger partial charge < -0.3 is 14.8 Å². The maximum Gasteiger partial charge on any atom is 0.119 e. The SMILES string of the molecule is CCCOCCNC(C)COc1ccc(C)cc1. The Hall–Kier alpha value is -1.06. The van der Waals surface area contributed by atoms with Crippen LogP contribution in [0.4, 0.5) is 0 Å². The van der Waals surface area contributed by atoms with Gasteiger partial charge in [-0.05, 0) is 32.4 Å². The number of hydrogen-bond acceptors (Lipinski definition) is 3. The second kappa shape index (κ2) is 8.95. The number of rotatable bonds is 9. The van der Waals surface area contributed by atoms with Crippen LogP contribution in [0.3, 0.4) is 0 Å². The molecule has 1 N–H and O–H groups in total. The number of benzene rings is 1. The van der Waals surface area contributed by atoms with Crippen LogP contribution in [0.15, 0.2) is 24.3 Å². The molecule has 3 heteroatoms. The molecule has 18 heavy (non-hydrogen) atoms. The molecule has 0 aliphatic rings. The van der Waals surface area contributed by atoms with Gasteiger partial charge in [-0.1, -0.05) is 24.6 Å². The molecule has 0 heterocycles. The maximum atomic E-state index is 5.70. The minimum atomic E-state index is 0.330. The number of hydrogen-bond donors (Lipinski definition) is 1. The van der Waals surface area contributed by atoms with Crippen LogP contribution >= 0.6 is 0 Å². The molecule has 1 rings (SSSR count). The van der Waals surface area contributed by atoms with Gasteiger partial charge in [0.25, 0.3) is 0 Å². The molecule has 1 unspecified atom stereocenters. The summed E-state index contributed by atoms with van der Waals surface area (Å²) in [5, 5.41) is 3.37. The van der Waals surface area contributed by atoms with Gasteiger partial charge in [0.2, 0.25) is 0 Å². The molecular weight excluding hydrogens is 226 g/mol. The van der Waals surface area contributed by atoms with Crippen LogP contribution in [-0.4, -0.2) is 32.4 Å². The van der Waals surface area contributed by atoms with Crippen molar-refractivity contribution in [3.8, 4) is 5.75 Å². The third kappa shape index (κ3) is 6.62. The average molecular weight is 251 g/mol. The fourth-order valence-electron chi connectivity index (χ4n) is 1.54. The van der Waals surface area contributed by atoms with Crippen molar-refractivity contribution in [1.29, 1.82) is 0 Å². The van der Waals surface area contributed by atoms with Gasteiger partial charge in [-0.15, -0.1) is 0 Å². The molecule has 0 radical (unpaired) electrons. The van der Waals surface area contributed by atoms with Crippen LogP contribution in [0, 0.1) is 6.92 Å². The van der Waals surface area contributed by atoms with E-state index in [0.717, 1.165) is 31.9 Å². The zero-order valence-corrected chi connectivity index (χ0v) is 11.7. The van der Waals surface area contributed by atoms with E-state index in [1.54, 1.807) is 0 Å². The minimum absolute atomic E-state index is 0.330. The lowest BCUT2D eigenvalue weighted by atomic mass is 10.2. The molecule has 0 amide bonds. The summed E-state index contributed by atoms with van der Waals surface area (Å²) in [6.07, 6.45) is 1.08. The molecule has 0 bridgehead atoms. The second-order valence-electron chi connectivity index (χ2n) is 4.59. The van der Waals surface area contributed by atoms with E-state index >= 15 is 0 Å². The first-order chi connectivity index (χ1) is 8.72. The zero-order chi connectivity index (χ0) is 13.2. The smallest absolute Gasteiger partial charge is 0.119 e. The van der Waals surface area contributed by atoms with Crippen LogP contribution in [0.5, 0.6) is 5.75 Å². The second-order valence-corrected chi connectivity index (χ2v) is 4.59. The van der Waals surface area contributed by atoms with E-state index in [-0.39, 0.29) is 0 Å². The molecule has 0 aliphatic carbocycles. The zero-order valence-electron chi connectivity index (χ0n) is 11.7. The van der Waals surface area contributed by atoms with E-state index < -0.39 is 0 Å². The lowest BCUT2D eigenvalue weighted by molar-refractivity contribution is 0.132. The topological polar surface area (TPSA) is 30.5 Å². The Morgan fingerprint density at radius 1 is 1.17 bits per heavy atom. The van der Waals surface area contributed by atoms with E-state index in [4.69, 9.17) is 9.47 Å². The van der Waals surface area contributed by atoms with Crippen molar-refractivity contribution >= 4 is 0 Å². The highest BCUT2D eigenvalue weighted by atomic mass is 16.5. The Balaban J connectivity index is 2.09. The normalized spacial score (nSPS) is 12.4. The Kier molecular flexibility index (Phi) is 7.46. The summed E-state index contributed by atoms with van der Waals surface area (Å²) >= 11 is 0. The molecule has 1 aromatic carbocycles. The molecule has 0 saturated heterocycles. The average Bonchev–Trinajstić information content (AvgIpc) is 2.38. The summed E-state index contributed by atoms with van der Waals surface area (Å²) < 4.78 is 11.1. The Morgan fingerprint density at radius 3 is 2.56 bits per heavy atom. The van der Waals surface area contributed by atoms with Gasteiger partial charge in [0.05, 0.1) is 6.61 Å².